The van der Waals surface area contributed by atoms with Crippen LogP contribution in [0, 0.1) is 0 Å². The summed E-state index contributed by atoms with van der Waals surface area (Å²) in [5, 5.41) is 0. The van der Waals surface area contributed by atoms with Gasteiger partial charge in [-0.1, -0.05) is 28.1 Å². The fourth-order valence-corrected chi connectivity index (χ4v) is 1.59. The number of hydrogen-bond acceptors (Lipinski definition) is 2. The molecule has 1 fully saturated rings. The van der Waals surface area contributed by atoms with Crippen LogP contribution in [0.25, 0.3) is 0 Å². The van der Waals surface area contributed by atoms with Gasteiger partial charge in [-0.15, -0.1) is 0 Å². The molecule has 0 saturated carbocycles. The minimum absolute atomic E-state index is 0.154. The van der Waals surface area contributed by atoms with Gasteiger partial charge in [-0.25, -0.2) is 0 Å². The summed E-state index contributed by atoms with van der Waals surface area (Å²) in [6.45, 7) is 0.831. The van der Waals surface area contributed by atoms with Crippen LogP contribution in [0.3, 0.4) is 0 Å². The third-order valence-electron chi connectivity index (χ3n) is 2.22. The summed E-state index contributed by atoms with van der Waals surface area (Å²) < 4.78 is 6.24. The highest BCUT2D eigenvalue weighted by Gasteiger charge is 2.29. The SMILES string of the molecule is N[C@@H](Cc1ccc(Br)cc1)[C@@H]1CO1. The molecule has 2 nitrogen and oxygen atoms in total. The molecule has 0 amide bonds. The highest BCUT2D eigenvalue weighted by molar-refractivity contribution is 9.10. The van der Waals surface area contributed by atoms with Crippen molar-refractivity contribution in [3.05, 3.63) is 34.3 Å². The van der Waals surface area contributed by atoms with Gasteiger partial charge in [-0.3, -0.25) is 0 Å². The van der Waals surface area contributed by atoms with Crippen LogP contribution in [0.4, 0.5) is 0 Å². The van der Waals surface area contributed by atoms with E-state index in [4.69, 9.17) is 10.5 Å². The molecule has 2 atom stereocenters. The number of epoxide rings is 1. The molecule has 1 aromatic carbocycles. The lowest BCUT2D eigenvalue weighted by Gasteiger charge is -2.07. The Hall–Kier alpha value is -0.380. The van der Waals surface area contributed by atoms with Crippen molar-refractivity contribution in [2.75, 3.05) is 6.61 Å². The van der Waals surface area contributed by atoms with E-state index in [0.29, 0.717) is 6.10 Å². The average Bonchev–Trinajstić information content (AvgIpc) is 2.91. The molecule has 1 aliphatic rings. The largest absolute Gasteiger partial charge is 0.371 e. The molecule has 2 N–H and O–H groups in total. The van der Waals surface area contributed by atoms with Crippen LogP contribution in [0.2, 0.25) is 0 Å². The maximum atomic E-state index is 5.91. The lowest BCUT2D eigenvalue weighted by molar-refractivity contribution is 0.371. The molecule has 13 heavy (non-hydrogen) atoms. The average molecular weight is 242 g/mol. The Bertz CT molecular complexity index is 281. The zero-order valence-corrected chi connectivity index (χ0v) is 8.83. The maximum Gasteiger partial charge on any atom is 0.0963 e. The van der Waals surface area contributed by atoms with E-state index in [0.717, 1.165) is 17.5 Å². The van der Waals surface area contributed by atoms with Crippen molar-refractivity contribution in [3.8, 4) is 0 Å². The van der Waals surface area contributed by atoms with E-state index in [-0.39, 0.29) is 6.04 Å². The van der Waals surface area contributed by atoms with E-state index in [1.165, 1.54) is 5.56 Å². The second-order valence-electron chi connectivity index (χ2n) is 3.37. The van der Waals surface area contributed by atoms with Gasteiger partial charge in [0.25, 0.3) is 0 Å². The summed E-state index contributed by atoms with van der Waals surface area (Å²) in [5.41, 5.74) is 7.18. The zero-order valence-electron chi connectivity index (χ0n) is 7.24. The third-order valence-corrected chi connectivity index (χ3v) is 2.75. The van der Waals surface area contributed by atoms with Gasteiger partial charge in [0, 0.05) is 10.5 Å². The van der Waals surface area contributed by atoms with Crippen molar-refractivity contribution in [2.45, 2.75) is 18.6 Å². The standard InChI is InChI=1S/C10H12BrNO/c11-8-3-1-7(2-4-8)5-9(12)10-6-13-10/h1-4,9-10H,5-6,12H2/t9-,10-/m0/s1. The van der Waals surface area contributed by atoms with E-state index >= 15 is 0 Å². The van der Waals surface area contributed by atoms with Crippen molar-refractivity contribution in [1.82, 2.24) is 0 Å². The molecule has 70 valence electrons. The Balaban J connectivity index is 1.96. The molecule has 2 rings (SSSR count). The predicted octanol–water partition coefficient (Wildman–Crippen LogP) is 1.72. The number of halogens is 1. The van der Waals surface area contributed by atoms with Gasteiger partial charge < -0.3 is 10.5 Å². The Morgan fingerprint density at radius 3 is 2.62 bits per heavy atom. The van der Waals surface area contributed by atoms with Crippen LogP contribution >= 0.6 is 15.9 Å². The van der Waals surface area contributed by atoms with Crippen LogP contribution in [-0.4, -0.2) is 18.8 Å². The van der Waals surface area contributed by atoms with Gasteiger partial charge in [0.15, 0.2) is 0 Å². The highest BCUT2D eigenvalue weighted by Crippen LogP contribution is 2.17. The molecule has 3 heteroatoms. The summed E-state index contributed by atoms with van der Waals surface area (Å²) in [6.07, 6.45) is 1.20. The van der Waals surface area contributed by atoms with E-state index in [2.05, 4.69) is 28.1 Å². The first kappa shape index (κ1) is 9.19. The monoisotopic (exact) mass is 241 g/mol. The molecule has 0 radical (unpaired) electrons. The maximum absolute atomic E-state index is 5.91. The van der Waals surface area contributed by atoms with Gasteiger partial charge >= 0.3 is 0 Å². The Labute approximate surface area is 86.2 Å². The first-order chi connectivity index (χ1) is 6.25. The van der Waals surface area contributed by atoms with Gasteiger partial charge in [0.1, 0.15) is 0 Å². The van der Waals surface area contributed by atoms with Crippen molar-refractivity contribution in [3.63, 3.8) is 0 Å². The number of ether oxygens (including phenoxy) is 1. The highest BCUT2D eigenvalue weighted by atomic mass is 79.9. The zero-order chi connectivity index (χ0) is 9.26. The molecule has 0 aliphatic carbocycles. The molecule has 1 aromatic rings. The molecule has 0 aromatic heterocycles. The number of benzene rings is 1. The Morgan fingerprint density at radius 1 is 1.46 bits per heavy atom. The smallest absolute Gasteiger partial charge is 0.0963 e. The molecule has 1 heterocycles. The fourth-order valence-electron chi connectivity index (χ4n) is 1.33. The molecule has 1 aliphatic heterocycles. The van der Waals surface area contributed by atoms with E-state index in [1.54, 1.807) is 0 Å². The van der Waals surface area contributed by atoms with Crippen molar-refractivity contribution < 1.29 is 4.74 Å². The van der Waals surface area contributed by atoms with Crippen LogP contribution < -0.4 is 5.73 Å². The fraction of sp³-hybridized carbons (Fsp3) is 0.400. The lowest BCUT2D eigenvalue weighted by Crippen LogP contribution is -2.28. The van der Waals surface area contributed by atoms with Gasteiger partial charge in [0.05, 0.1) is 12.7 Å². The molecule has 1 saturated heterocycles. The third kappa shape index (κ3) is 2.53. The number of rotatable bonds is 3. The Kier molecular flexibility index (Phi) is 2.67. The predicted molar refractivity (Wildman–Crippen MR) is 55.6 cm³/mol. The van der Waals surface area contributed by atoms with Crippen LogP contribution in [-0.2, 0) is 11.2 Å². The number of hydrogen-bond donors (Lipinski definition) is 1. The molecule has 0 unspecified atom stereocenters. The summed E-state index contributed by atoms with van der Waals surface area (Å²) in [7, 11) is 0. The van der Waals surface area contributed by atoms with Crippen molar-refractivity contribution in [2.24, 2.45) is 5.73 Å². The van der Waals surface area contributed by atoms with Gasteiger partial charge in [-0.2, -0.15) is 0 Å². The quantitative estimate of drug-likeness (QED) is 0.819. The lowest BCUT2D eigenvalue weighted by atomic mass is 10.0. The van der Waals surface area contributed by atoms with Gasteiger partial charge in [0.2, 0.25) is 0 Å². The topological polar surface area (TPSA) is 38.5 Å². The molecular weight excluding hydrogens is 230 g/mol. The second kappa shape index (κ2) is 3.78. The van der Waals surface area contributed by atoms with Crippen molar-refractivity contribution in [1.29, 1.82) is 0 Å². The first-order valence-electron chi connectivity index (χ1n) is 4.37. The van der Waals surface area contributed by atoms with Crippen LogP contribution in [0.5, 0.6) is 0 Å². The summed E-state index contributed by atoms with van der Waals surface area (Å²) in [6, 6.07) is 8.41. The summed E-state index contributed by atoms with van der Waals surface area (Å²) >= 11 is 3.40. The van der Waals surface area contributed by atoms with Gasteiger partial charge in [-0.05, 0) is 24.1 Å². The number of nitrogens with two attached hydrogens (primary N) is 1. The van der Waals surface area contributed by atoms with E-state index in [9.17, 15) is 0 Å². The molecule has 0 spiro atoms. The van der Waals surface area contributed by atoms with E-state index in [1.807, 2.05) is 12.1 Å². The normalized spacial score (nSPS) is 22.8. The first-order valence-corrected chi connectivity index (χ1v) is 5.16. The minimum Gasteiger partial charge on any atom is -0.371 e. The Morgan fingerprint density at radius 2 is 2.08 bits per heavy atom. The minimum atomic E-state index is 0.154. The summed E-state index contributed by atoms with van der Waals surface area (Å²) in [4.78, 5) is 0. The van der Waals surface area contributed by atoms with E-state index < -0.39 is 0 Å². The second-order valence-corrected chi connectivity index (χ2v) is 4.28. The molecular formula is C10H12BrNO. The van der Waals surface area contributed by atoms with Crippen molar-refractivity contribution >= 4 is 15.9 Å². The van der Waals surface area contributed by atoms with Crippen LogP contribution in [0.1, 0.15) is 5.56 Å². The van der Waals surface area contributed by atoms with Crippen LogP contribution in [0.15, 0.2) is 28.7 Å². The summed E-state index contributed by atoms with van der Waals surface area (Å²) in [5.74, 6) is 0. The molecule has 0 bridgehead atoms.